The Bertz CT molecular complexity index is 341. The van der Waals surface area contributed by atoms with E-state index in [2.05, 4.69) is 4.90 Å². The summed E-state index contributed by atoms with van der Waals surface area (Å²) < 4.78 is 0. The molecule has 3 fully saturated rings. The molecule has 0 aromatic rings. The molecule has 1 saturated carbocycles. The largest absolute Gasteiger partial charge is 0.481 e. The van der Waals surface area contributed by atoms with Crippen LogP contribution in [-0.4, -0.2) is 40.4 Å². The number of rotatable bonds is 1. The van der Waals surface area contributed by atoms with Crippen LogP contribution in [0.3, 0.4) is 0 Å². The zero-order chi connectivity index (χ0) is 11.3. The first kappa shape index (κ1) is 10.3. The van der Waals surface area contributed by atoms with E-state index in [-0.39, 0.29) is 17.9 Å². The van der Waals surface area contributed by atoms with Crippen LogP contribution in [0.25, 0.3) is 0 Å². The van der Waals surface area contributed by atoms with Crippen LogP contribution in [0, 0.1) is 11.8 Å². The van der Waals surface area contributed by atoms with Gasteiger partial charge in [-0.05, 0) is 38.6 Å². The van der Waals surface area contributed by atoms with Gasteiger partial charge in [0.1, 0.15) is 0 Å². The highest BCUT2D eigenvalue weighted by Crippen LogP contribution is 2.43. The molecule has 4 heteroatoms. The third-order valence-electron chi connectivity index (χ3n) is 4.58. The van der Waals surface area contributed by atoms with Crippen LogP contribution in [0.15, 0.2) is 0 Å². The molecular formula is C12H17NO3. The summed E-state index contributed by atoms with van der Waals surface area (Å²) in [7, 11) is 0. The molecule has 16 heavy (non-hydrogen) atoms. The van der Waals surface area contributed by atoms with E-state index in [1.807, 2.05) is 0 Å². The topological polar surface area (TPSA) is 57.6 Å². The number of hydrogen-bond donors (Lipinski definition) is 1. The molecule has 1 aliphatic carbocycles. The van der Waals surface area contributed by atoms with E-state index in [9.17, 15) is 9.59 Å². The second kappa shape index (κ2) is 3.55. The van der Waals surface area contributed by atoms with Gasteiger partial charge in [0, 0.05) is 12.0 Å². The minimum absolute atomic E-state index is 0.0140. The maximum absolute atomic E-state index is 12.2. The van der Waals surface area contributed by atoms with Crippen LogP contribution in [0.1, 0.15) is 32.1 Å². The number of nitrogens with zero attached hydrogens (tertiary/aromatic N) is 1. The van der Waals surface area contributed by atoms with Crippen molar-refractivity contribution in [2.75, 3.05) is 6.54 Å². The van der Waals surface area contributed by atoms with Gasteiger partial charge < -0.3 is 5.11 Å². The Morgan fingerprint density at radius 3 is 2.88 bits per heavy atom. The van der Waals surface area contributed by atoms with Gasteiger partial charge >= 0.3 is 5.97 Å². The number of fused-ring (bicyclic) bond motifs is 3. The summed E-state index contributed by atoms with van der Waals surface area (Å²) in [5.74, 6) is -0.669. The number of aliphatic carboxylic acids is 1. The van der Waals surface area contributed by atoms with Crippen LogP contribution < -0.4 is 0 Å². The summed E-state index contributed by atoms with van der Waals surface area (Å²) in [5.41, 5.74) is 0. The molecule has 0 aromatic heterocycles. The second-order valence-corrected chi connectivity index (χ2v) is 5.32. The lowest BCUT2D eigenvalue weighted by molar-refractivity contribution is -0.143. The van der Waals surface area contributed by atoms with Gasteiger partial charge in [-0.2, -0.15) is 0 Å². The van der Waals surface area contributed by atoms with E-state index in [0.717, 1.165) is 32.2 Å². The average Bonchev–Trinajstić information content (AvgIpc) is 2.83. The summed E-state index contributed by atoms with van der Waals surface area (Å²) in [4.78, 5) is 25.5. The fourth-order valence-corrected chi connectivity index (χ4v) is 3.82. The van der Waals surface area contributed by atoms with E-state index < -0.39 is 5.97 Å². The number of ketones is 1. The van der Waals surface area contributed by atoms with Crippen LogP contribution in [0.5, 0.6) is 0 Å². The highest BCUT2D eigenvalue weighted by molar-refractivity contribution is 5.90. The maximum Gasteiger partial charge on any atom is 0.306 e. The Morgan fingerprint density at radius 1 is 1.31 bits per heavy atom. The van der Waals surface area contributed by atoms with E-state index >= 15 is 0 Å². The molecule has 4 atom stereocenters. The predicted molar refractivity (Wildman–Crippen MR) is 57.0 cm³/mol. The molecule has 0 unspecified atom stereocenters. The highest BCUT2D eigenvalue weighted by atomic mass is 16.4. The molecule has 3 rings (SSSR count). The third kappa shape index (κ3) is 1.32. The Kier molecular flexibility index (Phi) is 2.28. The second-order valence-electron chi connectivity index (χ2n) is 5.32. The minimum Gasteiger partial charge on any atom is -0.481 e. The highest BCUT2D eigenvalue weighted by Gasteiger charge is 2.52. The first-order valence-electron chi connectivity index (χ1n) is 6.21. The van der Waals surface area contributed by atoms with Gasteiger partial charge in [0.05, 0.1) is 12.0 Å². The molecule has 0 bridgehead atoms. The summed E-state index contributed by atoms with van der Waals surface area (Å²) >= 11 is 0. The average molecular weight is 223 g/mol. The zero-order valence-corrected chi connectivity index (χ0v) is 9.26. The number of carbonyl (C=O) groups excluding carboxylic acids is 1. The Balaban J connectivity index is 1.80. The minimum atomic E-state index is -0.724. The van der Waals surface area contributed by atoms with Crippen molar-refractivity contribution in [3.8, 4) is 0 Å². The van der Waals surface area contributed by atoms with Gasteiger partial charge in [-0.1, -0.05) is 0 Å². The van der Waals surface area contributed by atoms with Crippen molar-refractivity contribution in [1.29, 1.82) is 0 Å². The molecular weight excluding hydrogens is 206 g/mol. The SMILES string of the molecule is O=C(O)[C@@H]1CC[C@H]2[C@@H](C1)C(=O)[C@H]1CCCN12. The number of carboxylic acid groups (broad SMARTS) is 1. The first-order chi connectivity index (χ1) is 7.68. The van der Waals surface area contributed by atoms with Crippen molar-refractivity contribution in [2.45, 2.75) is 44.2 Å². The molecule has 0 radical (unpaired) electrons. The number of Topliss-reactive ketones (excluding diaryl/α,β-unsaturated/α-hetero) is 1. The molecule has 3 aliphatic rings. The van der Waals surface area contributed by atoms with E-state index in [1.165, 1.54) is 0 Å². The molecule has 88 valence electrons. The zero-order valence-electron chi connectivity index (χ0n) is 9.26. The normalized spacial score (nSPS) is 43.1. The van der Waals surface area contributed by atoms with Crippen molar-refractivity contribution >= 4 is 11.8 Å². The van der Waals surface area contributed by atoms with E-state index in [0.29, 0.717) is 18.2 Å². The Labute approximate surface area is 94.6 Å². The summed E-state index contributed by atoms with van der Waals surface area (Å²) in [5, 5.41) is 9.02. The molecule has 0 spiro atoms. The van der Waals surface area contributed by atoms with Crippen LogP contribution in [-0.2, 0) is 9.59 Å². The molecule has 1 N–H and O–H groups in total. The molecule has 2 heterocycles. The van der Waals surface area contributed by atoms with Gasteiger partial charge in [-0.3, -0.25) is 14.5 Å². The lowest BCUT2D eigenvalue weighted by atomic mass is 9.77. The molecule has 4 nitrogen and oxygen atoms in total. The maximum atomic E-state index is 12.2. The van der Waals surface area contributed by atoms with Crippen LogP contribution >= 0.6 is 0 Å². The van der Waals surface area contributed by atoms with Crippen molar-refractivity contribution in [3.05, 3.63) is 0 Å². The van der Waals surface area contributed by atoms with Gasteiger partial charge in [0.25, 0.3) is 0 Å². The third-order valence-corrected chi connectivity index (χ3v) is 4.58. The van der Waals surface area contributed by atoms with Crippen molar-refractivity contribution in [1.82, 2.24) is 4.90 Å². The smallest absolute Gasteiger partial charge is 0.306 e. The monoisotopic (exact) mass is 223 g/mol. The van der Waals surface area contributed by atoms with Gasteiger partial charge in [-0.25, -0.2) is 0 Å². The fraction of sp³-hybridized carbons (Fsp3) is 0.833. The standard InChI is InChI=1S/C12H17NO3/c14-11-8-6-7(12(15)16)3-4-9(8)13-5-1-2-10(11)13/h7-10H,1-6H2,(H,15,16)/t7-,8-,9+,10-/m1/s1. The fourth-order valence-electron chi connectivity index (χ4n) is 3.82. The predicted octanol–water partition coefficient (Wildman–Crippen LogP) is 0.903. The van der Waals surface area contributed by atoms with Crippen molar-refractivity contribution < 1.29 is 14.7 Å². The van der Waals surface area contributed by atoms with Crippen LogP contribution in [0.4, 0.5) is 0 Å². The van der Waals surface area contributed by atoms with Crippen LogP contribution in [0.2, 0.25) is 0 Å². The lowest BCUT2D eigenvalue weighted by Gasteiger charge is -2.32. The molecule has 0 aromatic carbocycles. The molecule has 2 saturated heterocycles. The summed E-state index contributed by atoms with van der Waals surface area (Å²) in [6.07, 6.45) is 4.33. The van der Waals surface area contributed by atoms with Crippen molar-refractivity contribution in [2.24, 2.45) is 11.8 Å². The van der Waals surface area contributed by atoms with Gasteiger partial charge in [0.2, 0.25) is 0 Å². The quantitative estimate of drug-likeness (QED) is 0.717. The van der Waals surface area contributed by atoms with E-state index in [1.54, 1.807) is 0 Å². The van der Waals surface area contributed by atoms with Gasteiger partial charge in [-0.15, -0.1) is 0 Å². The van der Waals surface area contributed by atoms with E-state index in [4.69, 9.17) is 5.11 Å². The summed E-state index contributed by atoms with van der Waals surface area (Å²) in [6, 6.07) is 0.484. The Morgan fingerprint density at radius 2 is 2.12 bits per heavy atom. The molecule has 0 amide bonds. The number of carbonyl (C=O) groups is 2. The van der Waals surface area contributed by atoms with Gasteiger partial charge in [0.15, 0.2) is 5.78 Å². The van der Waals surface area contributed by atoms with Crippen molar-refractivity contribution in [3.63, 3.8) is 0 Å². The Hall–Kier alpha value is -0.900. The number of carboxylic acids is 1. The molecule has 2 aliphatic heterocycles. The summed E-state index contributed by atoms with van der Waals surface area (Å²) in [6.45, 7) is 1.04. The number of hydrogen-bond acceptors (Lipinski definition) is 3. The lowest BCUT2D eigenvalue weighted by Crippen LogP contribution is -2.38. The first-order valence-corrected chi connectivity index (χ1v) is 6.21.